The largest absolute Gasteiger partial charge is 0.394 e. The van der Waals surface area contributed by atoms with E-state index < -0.39 is 35.2 Å². The summed E-state index contributed by atoms with van der Waals surface area (Å²) in [6.07, 6.45) is 0.975. The van der Waals surface area contributed by atoms with Crippen LogP contribution in [0.1, 0.15) is 81.6 Å². The highest BCUT2D eigenvalue weighted by atomic mass is 16.5. The standard InChI is InChI=1S/C36H59N5O7.H2/c1-9-36(7,8)35(47)39-20-31(44)40-29(18-26-13-11-10-12-14-26)34(46)41-28(17-22(2)3)33(45)38-19-27(43)15-16-37-32-24(5)23(4)30(21-42)48-25(32)6;/h10-14,22-25,28-30,32,37,42H,9,15-21H2,1-8H3,(H,38,45)(H,39,47)(H,40,44)(H,41,46);1H/i;1+1. The number of ether oxygens (including phenoxy) is 1. The number of amides is 4. The van der Waals surface area contributed by atoms with Gasteiger partial charge >= 0.3 is 0 Å². The highest BCUT2D eigenvalue weighted by molar-refractivity contribution is 5.94. The van der Waals surface area contributed by atoms with Gasteiger partial charge in [-0.05, 0) is 43.1 Å². The minimum absolute atomic E-state index is 0. The Hall–Kier alpha value is -3.35. The first kappa shape index (κ1) is 40.8. The number of nitrogens with one attached hydrogen (secondary N) is 5. The molecule has 0 saturated carbocycles. The Labute approximate surface area is 287 Å². The van der Waals surface area contributed by atoms with Crippen molar-refractivity contribution in [3.05, 3.63) is 35.9 Å². The molecule has 2 rings (SSSR count). The average Bonchev–Trinajstić information content (AvgIpc) is 3.05. The van der Waals surface area contributed by atoms with E-state index in [1.54, 1.807) is 13.8 Å². The number of aliphatic hydroxyl groups excluding tert-OH is 1. The smallest absolute Gasteiger partial charge is 0.243 e. The first-order valence-electron chi connectivity index (χ1n) is 17.3. The first-order valence-corrected chi connectivity index (χ1v) is 17.3. The van der Waals surface area contributed by atoms with Gasteiger partial charge in [-0.25, -0.2) is 0 Å². The average molecular weight is 677 g/mol. The lowest BCUT2D eigenvalue weighted by atomic mass is 9.80. The van der Waals surface area contributed by atoms with Crippen LogP contribution in [0.25, 0.3) is 0 Å². The SMILES string of the molecule is CCC(C)(C)C(=O)NCC(=O)NC(Cc1ccccc1)C(=O)NC(CC(C)C)C(=O)NCC(=O)CCNC1C(C)OC(CO)C(C)C1C.[2HH]. The zero-order chi connectivity index (χ0) is 36.0. The van der Waals surface area contributed by atoms with Crippen molar-refractivity contribution in [2.45, 2.75) is 111 Å². The van der Waals surface area contributed by atoms with Crippen LogP contribution < -0.4 is 26.6 Å². The van der Waals surface area contributed by atoms with Gasteiger partial charge in [0, 0.05) is 32.3 Å². The molecule has 7 atom stereocenters. The lowest BCUT2D eigenvalue weighted by Crippen LogP contribution is -2.56. The molecule has 7 unspecified atom stereocenters. The van der Waals surface area contributed by atoms with E-state index in [0.717, 1.165) is 5.56 Å². The molecule has 1 fully saturated rings. The van der Waals surface area contributed by atoms with Crippen LogP contribution in [0.5, 0.6) is 0 Å². The molecule has 0 radical (unpaired) electrons. The fourth-order valence-electron chi connectivity index (χ4n) is 5.75. The molecule has 12 heteroatoms. The monoisotopic (exact) mass is 676 g/mol. The van der Waals surface area contributed by atoms with Crippen LogP contribution in [0.4, 0.5) is 0 Å². The number of aliphatic hydroxyl groups is 1. The summed E-state index contributed by atoms with van der Waals surface area (Å²) in [6.45, 7) is 15.3. The molecule has 1 heterocycles. The third kappa shape index (κ3) is 12.9. The Morgan fingerprint density at radius 3 is 2.19 bits per heavy atom. The number of benzene rings is 1. The Kier molecular flexibility index (Phi) is 16.7. The highest BCUT2D eigenvalue weighted by Gasteiger charge is 2.38. The van der Waals surface area contributed by atoms with Crippen molar-refractivity contribution in [2.75, 3.05) is 26.2 Å². The van der Waals surface area contributed by atoms with Crippen LogP contribution in [-0.4, -0.2) is 91.1 Å². The van der Waals surface area contributed by atoms with Crippen molar-refractivity contribution in [3.63, 3.8) is 0 Å². The minimum Gasteiger partial charge on any atom is -0.394 e. The summed E-state index contributed by atoms with van der Waals surface area (Å²) in [7, 11) is 0. The lowest BCUT2D eigenvalue weighted by molar-refractivity contribution is -0.134. The van der Waals surface area contributed by atoms with Gasteiger partial charge in [0.1, 0.15) is 12.1 Å². The van der Waals surface area contributed by atoms with E-state index in [4.69, 9.17) is 4.74 Å². The van der Waals surface area contributed by atoms with Crippen LogP contribution >= 0.6 is 0 Å². The molecule has 0 aromatic heterocycles. The molecule has 1 aliphatic rings. The van der Waals surface area contributed by atoms with Gasteiger partial charge in [0.15, 0.2) is 5.78 Å². The normalized spacial score (nSPS) is 22.3. The van der Waals surface area contributed by atoms with Crippen LogP contribution in [0, 0.1) is 23.2 Å². The highest BCUT2D eigenvalue weighted by Crippen LogP contribution is 2.30. The van der Waals surface area contributed by atoms with E-state index in [1.165, 1.54) is 0 Å². The number of Topliss-reactive ketones (excluding diaryl/α,β-unsaturated/α-hetero) is 1. The third-order valence-electron chi connectivity index (χ3n) is 9.48. The predicted octanol–water partition coefficient (Wildman–Crippen LogP) is 2.13. The van der Waals surface area contributed by atoms with Crippen molar-refractivity contribution in [1.29, 1.82) is 0 Å². The summed E-state index contributed by atoms with van der Waals surface area (Å²) in [6, 6.07) is 7.29. The number of hydrogen-bond acceptors (Lipinski definition) is 8. The maximum absolute atomic E-state index is 13.6. The van der Waals surface area contributed by atoms with Gasteiger partial charge in [-0.15, -0.1) is 0 Å². The Morgan fingerprint density at radius 2 is 1.58 bits per heavy atom. The van der Waals surface area contributed by atoms with Crippen molar-refractivity contribution in [2.24, 2.45) is 23.2 Å². The van der Waals surface area contributed by atoms with Crippen LogP contribution in [-0.2, 0) is 35.1 Å². The van der Waals surface area contributed by atoms with Crippen molar-refractivity contribution >= 4 is 29.4 Å². The van der Waals surface area contributed by atoms with Gasteiger partial charge in [-0.2, -0.15) is 0 Å². The van der Waals surface area contributed by atoms with E-state index >= 15 is 0 Å². The van der Waals surface area contributed by atoms with E-state index in [1.807, 2.05) is 65.0 Å². The molecule has 1 aromatic carbocycles. The molecular weight excluding hydrogens is 614 g/mol. The second kappa shape index (κ2) is 19.6. The number of carbonyl (C=O) groups is 5. The van der Waals surface area contributed by atoms with Gasteiger partial charge in [-0.3, -0.25) is 24.0 Å². The van der Waals surface area contributed by atoms with Gasteiger partial charge in [0.25, 0.3) is 0 Å². The van der Waals surface area contributed by atoms with Gasteiger partial charge in [-0.1, -0.05) is 78.8 Å². The van der Waals surface area contributed by atoms with E-state index in [0.29, 0.717) is 19.4 Å². The minimum atomic E-state index is -1.00. The van der Waals surface area contributed by atoms with E-state index in [9.17, 15) is 29.1 Å². The number of rotatable bonds is 19. The first-order chi connectivity index (χ1) is 22.6. The summed E-state index contributed by atoms with van der Waals surface area (Å²) in [5, 5.41) is 23.8. The zero-order valence-electron chi connectivity index (χ0n) is 30.1. The number of hydrogen-bond donors (Lipinski definition) is 6. The van der Waals surface area contributed by atoms with Crippen molar-refractivity contribution in [3.8, 4) is 0 Å². The molecule has 0 spiro atoms. The molecule has 6 N–H and O–H groups in total. The summed E-state index contributed by atoms with van der Waals surface area (Å²) < 4.78 is 5.94. The zero-order valence-corrected chi connectivity index (χ0v) is 30.1. The van der Waals surface area contributed by atoms with Crippen LogP contribution in [0.15, 0.2) is 30.3 Å². The molecular formula is C36H61N5O7. The Bertz CT molecular complexity index is 1220. The maximum Gasteiger partial charge on any atom is 0.243 e. The second-order valence-corrected chi connectivity index (χ2v) is 14.2. The Balaban J connectivity index is 0.0000120. The maximum atomic E-state index is 13.6. The van der Waals surface area contributed by atoms with Gasteiger partial charge in [0.2, 0.25) is 23.6 Å². The van der Waals surface area contributed by atoms with E-state index in [2.05, 4.69) is 33.5 Å². The summed E-state index contributed by atoms with van der Waals surface area (Å²) in [5.41, 5.74) is 0.172. The summed E-state index contributed by atoms with van der Waals surface area (Å²) in [4.78, 5) is 64.9. The molecule has 0 aliphatic carbocycles. The van der Waals surface area contributed by atoms with E-state index in [-0.39, 0.29) is 81.7 Å². The predicted molar refractivity (Wildman–Crippen MR) is 187 cm³/mol. The number of ketones is 1. The molecule has 1 saturated heterocycles. The fraction of sp³-hybridized carbons (Fsp3) is 0.694. The second-order valence-electron chi connectivity index (χ2n) is 14.2. The fourth-order valence-corrected chi connectivity index (χ4v) is 5.75. The molecule has 272 valence electrons. The summed E-state index contributed by atoms with van der Waals surface area (Å²) in [5.74, 6) is -1.53. The topological polar surface area (TPSA) is 175 Å². The molecule has 4 amide bonds. The molecule has 1 aliphatic heterocycles. The molecule has 1 aromatic rings. The van der Waals surface area contributed by atoms with Crippen LogP contribution in [0.3, 0.4) is 0 Å². The number of carbonyl (C=O) groups excluding carboxylic acids is 5. The quantitative estimate of drug-likeness (QED) is 0.129. The van der Waals surface area contributed by atoms with Gasteiger partial charge in [0.05, 0.1) is 31.9 Å². The summed E-state index contributed by atoms with van der Waals surface area (Å²) >= 11 is 0. The third-order valence-corrected chi connectivity index (χ3v) is 9.48. The Morgan fingerprint density at radius 1 is 0.917 bits per heavy atom. The van der Waals surface area contributed by atoms with Crippen molar-refractivity contribution < 1.29 is 35.2 Å². The molecule has 12 nitrogen and oxygen atoms in total. The molecule has 48 heavy (non-hydrogen) atoms. The van der Waals surface area contributed by atoms with Gasteiger partial charge < -0.3 is 36.4 Å². The van der Waals surface area contributed by atoms with Crippen molar-refractivity contribution in [1.82, 2.24) is 26.6 Å². The molecule has 0 bridgehead atoms. The lowest BCUT2D eigenvalue weighted by Gasteiger charge is -2.43. The van der Waals surface area contributed by atoms with Crippen LogP contribution in [0.2, 0.25) is 0 Å².